The smallest absolute Gasteiger partial charge is 0.355 e. The average molecular weight is 281 g/mol. The minimum absolute atomic E-state index is 0.0560. The molecule has 4 nitrogen and oxygen atoms in total. The molecular formula is C12H22F3N3O. The first-order valence-corrected chi connectivity index (χ1v) is 6.70. The topological polar surface area (TPSA) is 44.4 Å². The van der Waals surface area contributed by atoms with Gasteiger partial charge in [-0.15, -0.1) is 0 Å². The van der Waals surface area contributed by atoms with E-state index in [0.717, 1.165) is 6.42 Å². The highest BCUT2D eigenvalue weighted by Crippen LogP contribution is 2.19. The fourth-order valence-electron chi connectivity index (χ4n) is 2.11. The molecule has 1 fully saturated rings. The Morgan fingerprint density at radius 2 is 1.95 bits per heavy atom. The first-order chi connectivity index (χ1) is 8.90. The number of hydrogen-bond donors (Lipinski definition) is 2. The lowest BCUT2D eigenvalue weighted by Crippen LogP contribution is -2.47. The number of hydrogen-bond acceptors (Lipinski definition) is 3. The van der Waals surface area contributed by atoms with Gasteiger partial charge in [0, 0.05) is 12.6 Å². The van der Waals surface area contributed by atoms with Crippen LogP contribution in [0.25, 0.3) is 0 Å². The van der Waals surface area contributed by atoms with E-state index in [2.05, 4.69) is 10.6 Å². The van der Waals surface area contributed by atoms with Crippen molar-refractivity contribution < 1.29 is 18.0 Å². The van der Waals surface area contributed by atoms with Gasteiger partial charge < -0.3 is 10.6 Å². The second-order valence-electron chi connectivity index (χ2n) is 4.90. The normalized spacial score (nSPS) is 18.5. The predicted octanol–water partition coefficient (Wildman–Crippen LogP) is 1.13. The molecule has 7 heteroatoms. The van der Waals surface area contributed by atoms with Crippen LogP contribution in [0.4, 0.5) is 13.2 Å². The molecule has 0 saturated carbocycles. The number of carbonyl (C=O) groups is 1. The van der Waals surface area contributed by atoms with Crippen LogP contribution in [-0.4, -0.2) is 55.7 Å². The maximum atomic E-state index is 12.2. The van der Waals surface area contributed by atoms with E-state index in [-0.39, 0.29) is 18.5 Å². The largest absolute Gasteiger partial charge is 0.401 e. The lowest BCUT2D eigenvalue weighted by molar-refractivity contribution is -0.148. The zero-order valence-corrected chi connectivity index (χ0v) is 11.2. The molecule has 1 amide bonds. The molecule has 112 valence electrons. The molecule has 0 radical (unpaired) electrons. The maximum Gasteiger partial charge on any atom is 0.401 e. The third-order valence-corrected chi connectivity index (χ3v) is 3.11. The number of alkyl halides is 3. The van der Waals surface area contributed by atoms with Crippen molar-refractivity contribution in [2.75, 3.05) is 32.7 Å². The monoisotopic (exact) mass is 281 g/mol. The van der Waals surface area contributed by atoms with Crippen molar-refractivity contribution in [1.82, 2.24) is 15.5 Å². The second kappa shape index (κ2) is 7.69. The Labute approximate surface area is 111 Å². The summed E-state index contributed by atoms with van der Waals surface area (Å²) in [5, 5.41) is 5.84. The van der Waals surface area contributed by atoms with Crippen LogP contribution in [0.5, 0.6) is 0 Å². The van der Waals surface area contributed by atoms with Crippen LogP contribution in [0.3, 0.4) is 0 Å². The Balaban J connectivity index is 2.15. The number of nitrogens with one attached hydrogen (secondary N) is 2. The highest BCUT2D eigenvalue weighted by molar-refractivity contribution is 5.77. The molecule has 1 saturated heterocycles. The van der Waals surface area contributed by atoms with Crippen LogP contribution in [0.15, 0.2) is 0 Å². The lowest BCUT2D eigenvalue weighted by Gasteiger charge is -2.32. The molecule has 0 unspecified atom stereocenters. The van der Waals surface area contributed by atoms with Gasteiger partial charge in [-0.05, 0) is 32.4 Å². The van der Waals surface area contributed by atoms with Gasteiger partial charge in [0.2, 0.25) is 5.91 Å². The van der Waals surface area contributed by atoms with Gasteiger partial charge >= 0.3 is 6.18 Å². The highest BCUT2D eigenvalue weighted by atomic mass is 19.4. The fraction of sp³-hybridized carbons (Fsp3) is 0.917. The minimum atomic E-state index is -4.12. The predicted molar refractivity (Wildman–Crippen MR) is 66.8 cm³/mol. The van der Waals surface area contributed by atoms with Gasteiger partial charge in [-0.25, -0.2) is 0 Å². The van der Waals surface area contributed by atoms with Crippen molar-refractivity contribution in [3.8, 4) is 0 Å². The summed E-state index contributed by atoms with van der Waals surface area (Å²) < 4.78 is 36.6. The van der Waals surface area contributed by atoms with E-state index in [4.69, 9.17) is 0 Å². The van der Waals surface area contributed by atoms with E-state index < -0.39 is 12.7 Å². The SMILES string of the molecule is CCCNC(=O)CNC1CCN(CC(F)(F)F)CC1. The minimum Gasteiger partial charge on any atom is -0.355 e. The van der Waals surface area contributed by atoms with E-state index in [1.54, 1.807) is 0 Å². The molecule has 0 aromatic rings. The van der Waals surface area contributed by atoms with Crippen LogP contribution in [0.2, 0.25) is 0 Å². The quantitative estimate of drug-likeness (QED) is 0.767. The fourth-order valence-corrected chi connectivity index (χ4v) is 2.11. The number of rotatable bonds is 6. The summed E-state index contributed by atoms with van der Waals surface area (Å²) in [6, 6.07) is 0.136. The summed E-state index contributed by atoms with van der Waals surface area (Å²) in [6.45, 7) is 2.89. The highest BCUT2D eigenvalue weighted by Gasteiger charge is 2.32. The van der Waals surface area contributed by atoms with Gasteiger partial charge in [0.1, 0.15) is 0 Å². The number of nitrogens with zero attached hydrogens (tertiary/aromatic N) is 1. The van der Waals surface area contributed by atoms with E-state index in [1.807, 2.05) is 6.92 Å². The molecule has 0 aliphatic carbocycles. The first-order valence-electron chi connectivity index (χ1n) is 6.70. The molecule has 1 rings (SSSR count). The summed E-state index contributed by atoms with van der Waals surface area (Å²) in [4.78, 5) is 12.8. The van der Waals surface area contributed by atoms with E-state index in [9.17, 15) is 18.0 Å². The molecule has 1 heterocycles. The Morgan fingerprint density at radius 1 is 1.32 bits per heavy atom. The number of halogens is 3. The standard InChI is InChI=1S/C12H22F3N3O/c1-2-5-16-11(19)8-17-10-3-6-18(7-4-10)9-12(13,14)15/h10,17H,2-9H2,1H3,(H,16,19). The van der Waals surface area contributed by atoms with Gasteiger partial charge in [-0.1, -0.05) is 6.92 Å². The Bertz CT molecular complexity index is 276. The van der Waals surface area contributed by atoms with Crippen LogP contribution >= 0.6 is 0 Å². The van der Waals surface area contributed by atoms with Crippen molar-refractivity contribution in [2.24, 2.45) is 0 Å². The third kappa shape index (κ3) is 7.37. The van der Waals surface area contributed by atoms with Crippen LogP contribution in [-0.2, 0) is 4.79 Å². The molecule has 0 aromatic heterocycles. The van der Waals surface area contributed by atoms with Gasteiger partial charge in [-0.2, -0.15) is 13.2 Å². The van der Waals surface area contributed by atoms with E-state index in [0.29, 0.717) is 32.5 Å². The lowest BCUT2D eigenvalue weighted by atomic mass is 10.1. The summed E-state index contributed by atoms with van der Waals surface area (Å²) in [7, 11) is 0. The van der Waals surface area contributed by atoms with Gasteiger partial charge in [0.05, 0.1) is 13.1 Å². The number of piperidine rings is 1. The van der Waals surface area contributed by atoms with Crippen LogP contribution in [0, 0.1) is 0 Å². The molecule has 1 aliphatic rings. The molecule has 19 heavy (non-hydrogen) atoms. The Hall–Kier alpha value is -0.820. The Morgan fingerprint density at radius 3 is 2.47 bits per heavy atom. The van der Waals surface area contributed by atoms with Crippen molar-refractivity contribution >= 4 is 5.91 Å². The molecule has 0 bridgehead atoms. The van der Waals surface area contributed by atoms with Crippen LogP contribution < -0.4 is 10.6 Å². The van der Waals surface area contributed by atoms with Gasteiger partial charge in [0.15, 0.2) is 0 Å². The van der Waals surface area contributed by atoms with Crippen molar-refractivity contribution in [2.45, 2.75) is 38.4 Å². The molecule has 2 N–H and O–H groups in total. The van der Waals surface area contributed by atoms with Gasteiger partial charge in [0.25, 0.3) is 0 Å². The first kappa shape index (κ1) is 16.2. The number of likely N-dealkylation sites (tertiary alicyclic amines) is 1. The van der Waals surface area contributed by atoms with Crippen molar-refractivity contribution in [3.63, 3.8) is 0 Å². The van der Waals surface area contributed by atoms with Crippen molar-refractivity contribution in [1.29, 1.82) is 0 Å². The summed E-state index contributed by atoms with van der Waals surface area (Å²) in [6.07, 6.45) is -1.93. The van der Waals surface area contributed by atoms with E-state index in [1.165, 1.54) is 4.90 Å². The third-order valence-electron chi connectivity index (χ3n) is 3.11. The average Bonchev–Trinajstić information content (AvgIpc) is 2.33. The summed E-state index contributed by atoms with van der Waals surface area (Å²) in [5.74, 6) is -0.0560. The summed E-state index contributed by atoms with van der Waals surface area (Å²) in [5.41, 5.74) is 0. The van der Waals surface area contributed by atoms with Crippen molar-refractivity contribution in [3.05, 3.63) is 0 Å². The zero-order valence-electron chi connectivity index (χ0n) is 11.2. The second-order valence-corrected chi connectivity index (χ2v) is 4.90. The molecule has 1 aliphatic heterocycles. The van der Waals surface area contributed by atoms with Gasteiger partial charge in [-0.3, -0.25) is 9.69 Å². The molecule has 0 spiro atoms. The Kier molecular flexibility index (Phi) is 6.57. The number of carbonyl (C=O) groups excluding carboxylic acids is 1. The summed E-state index contributed by atoms with van der Waals surface area (Å²) >= 11 is 0. The number of amides is 1. The zero-order chi connectivity index (χ0) is 14.3. The molecule has 0 atom stereocenters. The molecular weight excluding hydrogens is 259 g/mol. The van der Waals surface area contributed by atoms with E-state index >= 15 is 0 Å². The van der Waals surface area contributed by atoms with Crippen LogP contribution in [0.1, 0.15) is 26.2 Å². The maximum absolute atomic E-state index is 12.2. The molecule has 0 aromatic carbocycles.